The molecule has 0 bridgehead atoms. The Morgan fingerprint density at radius 1 is 0.833 bits per heavy atom. The molecule has 94 valence electrons. The largest absolute Gasteiger partial charge is 0.489 e. The second-order valence-corrected chi connectivity index (χ2v) is 5.55. The normalized spacial score (nSPS) is 11.3. The van der Waals surface area contributed by atoms with E-state index >= 15 is 0 Å². The maximum Gasteiger partial charge on any atom is 0.119 e. The minimum absolute atomic E-state index is 0.207. The third-order valence-corrected chi connectivity index (χ3v) is 2.97. The summed E-state index contributed by atoms with van der Waals surface area (Å²) in [6, 6.07) is 18.6. The Hall–Kier alpha value is -1.76. The van der Waals surface area contributed by atoms with Gasteiger partial charge in [-0.25, -0.2) is 0 Å². The van der Waals surface area contributed by atoms with Crippen LogP contribution in [-0.2, 0) is 12.0 Å². The zero-order valence-electron chi connectivity index (χ0n) is 11.3. The fourth-order valence-electron chi connectivity index (χ4n) is 1.78. The molecule has 0 heterocycles. The zero-order chi connectivity index (χ0) is 13.0. The van der Waals surface area contributed by atoms with Crippen molar-refractivity contribution in [3.8, 4) is 5.75 Å². The summed E-state index contributed by atoms with van der Waals surface area (Å²) in [4.78, 5) is 0. The number of ether oxygens (including phenoxy) is 1. The van der Waals surface area contributed by atoms with E-state index in [2.05, 4.69) is 45.0 Å². The van der Waals surface area contributed by atoms with E-state index in [0.717, 1.165) is 5.75 Å². The van der Waals surface area contributed by atoms with Crippen LogP contribution in [0.2, 0.25) is 0 Å². The van der Waals surface area contributed by atoms with Gasteiger partial charge >= 0.3 is 0 Å². The Labute approximate surface area is 109 Å². The fraction of sp³-hybridized carbons (Fsp3) is 0.294. The molecule has 0 spiro atoms. The molecule has 0 radical (unpaired) electrons. The van der Waals surface area contributed by atoms with Crippen LogP contribution in [0, 0.1) is 0 Å². The van der Waals surface area contributed by atoms with Crippen LogP contribution in [0.25, 0.3) is 0 Å². The molecule has 2 aromatic rings. The minimum atomic E-state index is 0.207. The predicted octanol–water partition coefficient (Wildman–Crippen LogP) is 4.56. The van der Waals surface area contributed by atoms with Crippen LogP contribution in [0.3, 0.4) is 0 Å². The average molecular weight is 240 g/mol. The first kappa shape index (κ1) is 12.7. The van der Waals surface area contributed by atoms with Crippen molar-refractivity contribution < 1.29 is 4.74 Å². The molecule has 0 atom stereocenters. The van der Waals surface area contributed by atoms with E-state index in [1.165, 1.54) is 11.1 Å². The highest BCUT2D eigenvalue weighted by Gasteiger charge is 2.12. The van der Waals surface area contributed by atoms with Gasteiger partial charge in [-0.1, -0.05) is 63.2 Å². The van der Waals surface area contributed by atoms with E-state index in [-0.39, 0.29) is 5.41 Å². The van der Waals surface area contributed by atoms with Crippen molar-refractivity contribution in [1.82, 2.24) is 0 Å². The molecular weight excluding hydrogens is 220 g/mol. The first-order chi connectivity index (χ1) is 8.55. The summed E-state index contributed by atoms with van der Waals surface area (Å²) in [6.07, 6.45) is 0. The third kappa shape index (κ3) is 3.36. The molecule has 2 aromatic carbocycles. The van der Waals surface area contributed by atoms with Gasteiger partial charge in [0.2, 0.25) is 0 Å². The first-order valence-corrected chi connectivity index (χ1v) is 6.33. The highest BCUT2D eigenvalue weighted by molar-refractivity contribution is 5.28. The lowest BCUT2D eigenvalue weighted by atomic mass is 9.87. The summed E-state index contributed by atoms with van der Waals surface area (Å²) in [5.74, 6) is 0.914. The van der Waals surface area contributed by atoms with Crippen molar-refractivity contribution in [3.05, 3.63) is 65.7 Å². The molecule has 0 aromatic heterocycles. The van der Waals surface area contributed by atoms with Gasteiger partial charge in [-0.2, -0.15) is 0 Å². The lowest BCUT2D eigenvalue weighted by Crippen LogP contribution is -2.10. The maximum atomic E-state index is 5.72. The highest BCUT2D eigenvalue weighted by Crippen LogP contribution is 2.22. The monoisotopic (exact) mass is 240 g/mol. The second-order valence-electron chi connectivity index (χ2n) is 5.55. The molecule has 2 rings (SSSR count). The van der Waals surface area contributed by atoms with Gasteiger partial charge in [0.05, 0.1) is 0 Å². The Morgan fingerprint density at radius 2 is 1.44 bits per heavy atom. The maximum absolute atomic E-state index is 5.72. The van der Waals surface area contributed by atoms with Crippen LogP contribution in [0.4, 0.5) is 0 Å². The van der Waals surface area contributed by atoms with Gasteiger partial charge < -0.3 is 4.74 Å². The highest BCUT2D eigenvalue weighted by atomic mass is 16.5. The summed E-state index contributed by atoms with van der Waals surface area (Å²) >= 11 is 0. The van der Waals surface area contributed by atoms with E-state index in [4.69, 9.17) is 4.74 Å². The van der Waals surface area contributed by atoms with Gasteiger partial charge in [0.15, 0.2) is 0 Å². The molecule has 0 unspecified atom stereocenters. The summed E-state index contributed by atoms with van der Waals surface area (Å²) in [7, 11) is 0. The summed E-state index contributed by atoms with van der Waals surface area (Å²) < 4.78 is 5.72. The molecule has 0 aliphatic heterocycles. The molecule has 1 heteroatoms. The number of benzene rings is 2. The Bertz CT molecular complexity index is 477. The van der Waals surface area contributed by atoms with Gasteiger partial charge in [0.25, 0.3) is 0 Å². The van der Waals surface area contributed by atoms with Gasteiger partial charge in [0.1, 0.15) is 12.4 Å². The molecule has 0 fully saturated rings. The van der Waals surface area contributed by atoms with Crippen LogP contribution < -0.4 is 4.74 Å². The van der Waals surface area contributed by atoms with E-state index < -0.39 is 0 Å². The molecule has 18 heavy (non-hydrogen) atoms. The first-order valence-electron chi connectivity index (χ1n) is 6.33. The van der Waals surface area contributed by atoms with Crippen LogP contribution >= 0.6 is 0 Å². The minimum Gasteiger partial charge on any atom is -0.489 e. The molecule has 0 amide bonds. The Morgan fingerprint density at radius 3 is 2.00 bits per heavy atom. The van der Waals surface area contributed by atoms with E-state index in [9.17, 15) is 0 Å². The van der Waals surface area contributed by atoms with Gasteiger partial charge in [-0.15, -0.1) is 0 Å². The van der Waals surface area contributed by atoms with Gasteiger partial charge in [0, 0.05) is 0 Å². The lowest BCUT2D eigenvalue weighted by Gasteiger charge is -2.19. The fourth-order valence-corrected chi connectivity index (χ4v) is 1.78. The SMILES string of the molecule is CC(C)(C)c1ccc(COc2ccccc2)cc1. The second kappa shape index (κ2) is 5.26. The standard InChI is InChI=1S/C17H20O/c1-17(2,3)15-11-9-14(10-12-15)13-18-16-7-5-4-6-8-16/h4-12H,13H2,1-3H3. The summed E-state index contributed by atoms with van der Waals surface area (Å²) in [6.45, 7) is 7.29. The number of para-hydroxylation sites is 1. The molecule has 1 nitrogen and oxygen atoms in total. The van der Waals surface area contributed by atoms with E-state index in [1.807, 2.05) is 30.3 Å². The zero-order valence-corrected chi connectivity index (χ0v) is 11.3. The van der Waals surface area contributed by atoms with Crippen molar-refractivity contribution >= 4 is 0 Å². The molecule has 0 aliphatic rings. The van der Waals surface area contributed by atoms with Gasteiger partial charge in [-0.3, -0.25) is 0 Å². The predicted molar refractivity (Wildman–Crippen MR) is 75.9 cm³/mol. The summed E-state index contributed by atoms with van der Waals surface area (Å²) in [5.41, 5.74) is 2.76. The smallest absolute Gasteiger partial charge is 0.119 e. The molecule has 0 N–H and O–H groups in total. The molecule has 0 saturated carbocycles. The Kier molecular flexibility index (Phi) is 3.71. The number of rotatable bonds is 3. The van der Waals surface area contributed by atoms with Crippen LogP contribution in [0.15, 0.2) is 54.6 Å². The molecule has 0 aliphatic carbocycles. The van der Waals surface area contributed by atoms with Crippen molar-refractivity contribution in [2.24, 2.45) is 0 Å². The van der Waals surface area contributed by atoms with Crippen LogP contribution in [0.1, 0.15) is 31.9 Å². The van der Waals surface area contributed by atoms with Crippen molar-refractivity contribution in [2.45, 2.75) is 32.8 Å². The van der Waals surface area contributed by atoms with Crippen LogP contribution in [0.5, 0.6) is 5.75 Å². The van der Waals surface area contributed by atoms with Crippen molar-refractivity contribution in [3.63, 3.8) is 0 Å². The van der Waals surface area contributed by atoms with Gasteiger partial charge in [-0.05, 0) is 28.7 Å². The lowest BCUT2D eigenvalue weighted by molar-refractivity contribution is 0.306. The van der Waals surface area contributed by atoms with Crippen molar-refractivity contribution in [1.29, 1.82) is 0 Å². The topological polar surface area (TPSA) is 9.23 Å². The van der Waals surface area contributed by atoms with Crippen molar-refractivity contribution in [2.75, 3.05) is 0 Å². The van der Waals surface area contributed by atoms with E-state index in [0.29, 0.717) is 6.61 Å². The average Bonchev–Trinajstić information content (AvgIpc) is 2.37. The summed E-state index contributed by atoms with van der Waals surface area (Å²) in [5, 5.41) is 0. The van der Waals surface area contributed by atoms with Crippen LogP contribution in [-0.4, -0.2) is 0 Å². The third-order valence-electron chi connectivity index (χ3n) is 2.97. The van der Waals surface area contributed by atoms with E-state index in [1.54, 1.807) is 0 Å². The number of hydrogen-bond donors (Lipinski definition) is 0. The number of hydrogen-bond acceptors (Lipinski definition) is 1. The Balaban J connectivity index is 1.99. The quantitative estimate of drug-likeness (QED) is 0.764. The molecule has 0 saturated heterocycles. The molecular formula is C17H20O.